The van der Waals surface area contributed by atoms with E-state index in [4.69, 9.17) is 10.5 Å². The van der Waals surface area contributed by atoms with Gasteiger partial charge in [-0.2, -0.15) is 0 Å². The van der Waals surface area contributed by atoms with Crippen molar-refractivity contribution in [2.24, 2.45) is 5.73 Å². The lowest BCUT2D eigenvalue weighted by atomic mass is 9.99. The number of methoxy groups -OCH3 is 1. The number of amides is 1. The zero-order chi connectivity index (χ0) is 12.1. The van der Waals surface area contributed by atoms with Crippen LogP contribution in [-0.2, 0) is 9.53 Å². The fraction of sp³-hybridized carbons (Fsp3) is 0.909. The Balaban J connectivity index is 3.93. The molecule has 0 aliphatic rings. The van der Waals surface area contributed by atoms with Crippen LogP contribution < -0.4 is 11.1 Å². The summed E-state index contributed by atoms with van der Waals surface area (Å²) in [6.07, 6.45) is 1.14. The highest BCUT2D eigenvalue weighted by Crippen LogP contribution is 2.08. The molecule has 0 heterocycles. The average Bonchev–Trinajstić information content (AvgIpc) is 1.98. The van der Waals surface area contributed by atoms with Crippen molar-refractivity contribution < 1.29 is 9.53 Å². The summed E-state index contributed by atoms with van der Waals surface area (Å²) < 4.78 is 5.01. The highest BCUT2D eigenvalue weighted by atomic mass is 16.5. The van der Waals surface area contributed by atoms with Gasteiger partial charge in [0.2, 0.25) is 5.91 Å². The van der Waals surface area contributed by atoms with Gasteiger partial charge in [0.25, 0.3) is 0 Å². The van der Waals surface area contributed by atoms with E-state index in [9.17, 15) is 4.79 Å². The van der Waals surface area contributed by atoms with Gasteiger partial charge in [0.1, 0.15) is 0 Å². The van der Waals surface area contributed by atoms with Crippen molar-refractivity contribution in [3.05, 3.63) is 0 Å². The molecule has 0 unspecified atom stereocenters. The Morgan fingerprint density at radius 1 is 1.33 bits per heavy atom. The third-order valence-electron chi connectivity index (χ3n) is 1.98. The van der Waals surface area contributed by atoms with Gasteiger partial charge in [0.05, 0.1) is 12.1 Å². The smallest absolute Gasteiger partial charge is 0.220 e. The van der Waals surface area contributed by atoms with Crippen molar-refractivity contribution >= 4 is 5.91 Å². The molecule has 3 N–H and O–H groups in total. The Morgan fingerprint density at radius 3 is 2.27 bits per heavy atom. The van der Waals surface area contributed by atoms with Crippen LogP contribution in [0.4, 0.5) is 0 Å². The molecule has 0 saturated carbocycles. The van der Waals surface area contributed by atoms with E-state index in [1.807, 2.05) is 27.7 Å². The molecule has 0 spiro atoms. The largest absolute Gasteiger partial charge is 0.382 e. The molecule has 15 heavy (non-hydrogen) atoms. The fourth-order valence-electron chi connectivity index (χ4n) is 1.27. The van der Waals surface area contributed by atoms with Crippen LogP contribution in [0.1, 0.15) is 40.5 Å². The molecule has 0 aliphatic heterocycles. The standard InChI is InChI=1S/C11H24N2O2/c1-10(2,12)7-6-9(14)13-11(3,4)8-15-5/h6-8,12H2,1-5H3,(H,13,14). The summed E-state index contributed by atoms with van der Waals surface area (Å²) in [5.74, 6) is 0.0237. The molecule has 4 nitrogen and oxygen atoms in total. The zero-order valence-electron chi connectivity index (χ0n) is 10.5. The molecule has 0 atom stereocenters. The lowest BCUT2D eigenvalue weighted by Gasteiger charge is -2.26. The van der Waals surface area contributed by atoms with Crippen LogP contribution in [0.3, 0.4) is 0 Å². The van der Waals surface area contributed by atoms with E-state index in [1.54, 1.807) is 7.11 Å². The molecule has 0 bridgehead atoms. The Bertz CT molecular complexity index is 207. The predicted molar refractivity (Wildman–Crippen MR) is 61.6 cm³/mol. The molecule has 90 valence electrons. The minimum Gasteiger partial charge on any atom is -0.382 e. The molecule has 0 aromatic carbocycles. The van der Waals surface area contributed by atoms with E-state index >= 15 is 0 Å². The van der Waals surface area contributed by atoms with Crippen molar-refractivity contribution in [1.82, 2.24) is 5.32 Å². The molecule has 0 fully saturated rings. The maximum Gasteiger partial charge on any atom is 0.220 e. The van der Waals surface area contributed by atoms with Crippen LogP contribution in [0, 0.1) is 0 Å². The molecule has 0 aromatic rings. The molecule has 0 rings (SSSR count). The van der Waals surface area contributed by atoms with Crippen LogP contribution in [0.25, 0.3) is 0 Å². The first kappa shape index (κ1) is 14.4. The normalized spacial score (nSPS) is 12.7. The Labute approximate surface area is 92.6 Å². The van der Waals surface area contributed by atoms with Gasteiger partial charge in [-0.1, -0.05) is 0 Å². The van der Waals surface area contributed by atoms with E-state index in [0.717, 1.165) is 0 Å². The second-order valence-corrected chi connectivity index (χ2v) is 5.35. The average molecular weight is 216 g/mol. The van der Waals surface area contributed by atoms with E-state index in [-0.39, 0.29) is 17.0 Å². The summed E-state index contributed by atoms with van der Waals surface area (Å²) in [5, 5.41) is 2.91. The maximum absolute atomic E-state index is 11.6. The molecule has 0 saturated heterocycles. The van der Waals surface area contributed by atoms with Gasteiger partial charge in [-0.25, -0.2) is 0 Å². The minimum absolute atomic E-state index is 0.0237. The number of ether oxygens (including phenoxy) is 1. The third kappa shape index (κ3) is 8.39. The Hall–Kier alpha value is -0.610. The Morgan fingerprint density at radius 2 is 1.87 bits per heavy atom. The summed E-state index contributed by atoms with van der Waals surface area (Å²) in [6.45, 7) is 8.20. The van der Waals surface area contributed by atoms with Crippen molar-refractivity contribution in [3.63, 3.8) is 0 Å². The number of carbonyl (C=O) groups is 1. The van der Waals surface area contributed by atoms with Gasteiger partial charge in [0, 0.05) is 19.1 Å². The van der Waals surface area contributed by atoms with Crippen molar-refractivity contribution in [2.75, 3.05) is 13.7 Å². The van der Waals surface area contributed by atoms with Crippen molar-refractivity contribution in [3.8, 4) is 0 Å². The first-order valence-electron chi connectivity index (χ1n) is 5.25. The summed E-state index contributed by atoms with van der Waals surface area (Å²) in [6, 6.07) is 0. The first-order valence-corrected chi connectivity index (χ1v) is 5.25. The Kier molecular flexibility index (Phi) is 5.24. The SMILES string of the molecule is COCC(C)(C)NC(=O)CCC(C)(C)N. The van der Waals surface area contributed by atoms with Gasteiger partial charge < -0.3 is 15.8 Å². The number of carbonyl (C=O) groups excluding carboxylic acids is 1. The third-order valence-corrected chi connectivity index (χ3v) is 1.98. The molecule has 1 amide bonds. The predicted octanol–water partition coefficient (Wildman–Crippen LogP) is 1.05. The first-order chi connectivity index (χ1) is 6.66. The highest BCUT2D eigenvalue weighted by molar-refractivity contribution is 5.76. The molecule has 0 aromatic heterocycles. The lowest BCUT2D eigenvalue weighted by molar-refractivity contribution is -0.123. The van der Waals surface area contributed by atoms with Crippen LogP contribution in [0.5, 0.6) is 0 Å². The molecule has 0 aliphatic carbocycles. The van der Waals surface area contributed by atoms with Crippen LogP contribution >= 0.6 is 0 Å². The number of nitrogens with one attached hydrogen (secondary N) is 1. The zero-order valence-corrected chi connectivity index (χ0v) is 10.5. The van der Waals surface area contributed by atoms with Crippen LogP contribution in [0.15, 0.2) is 0 Å². The summed E-state index contributed by atoms with van der Waals surface area (Å²) in [4.78, 5) is 11.6. The fourth-order valence-corrected chi connectivity index (χ4v) is 1.27. The van der Waals surface area contributed by atoms with Gasteiger partial charge >= 0.3 is 0 Å². The van der Waals surface area contributed by atoms with Crippen LogP contribution in [-0.4, -0.2) is 30.7 Å². The minimum atomic E-state index is -0.315. The van der Waals surface area contributed by atoms with Gasteiger partial charge in [-0.15, -0.1) is 0 Å². The van der Waals surface area contributed by atoms with Gasteiger partial charge in [-0.05, 0) is 34.1 Å². The van der Waals surface area contributed by atoms with E-state index in [2.05, 4.69) is 5.32 Å². The summed E-state index contributed by atoms with van der Waals surface area (Å²) in [5.41, 5.74) is 5.20. The number of hydrogen-bond acceptors (Lipinski definition) is 3. The maximum atomic E-state index is 11.6. The number of rotatable bonds is 6. The lowest BCUT2D eigenvalue weighted by Crippen LogP contribution is -2.47. The van der Waals surface area contributed by atoms with Gasteiger partial charge in [-0.3, -0.25) is 4.79 Å². The second kappa shape index (κ2) is 5.47. The van der Waals surface area contributed by atoms with Crippen LogP contribution in [0.2, 0.25) is 0 Å². The van der Waals surface area contributed by atoms with E-state index in [0.29, 0.717) is 19.4 Å². The quantitative estimate of drug-likeness (QED) is 0.697. The molecule has 0 radical (unpaired) electrons. The summed E-state index contributed by atoms with van der Waals surface area (Å²) >= 11 is 0. The molecular weight excluding hydrogens is 192 g/mol. The number of hydrogen-bond donors (Lipinski definition) is 2. The second-order valence-electron chi connectivity index (χ2n) is 5.35. The highest BCUT2D eigenvalue weighted by Gasteiger charge is 2.21. The van der Waals surface area contributed by atoms with E-state index < -0.39 is 0 Å². The topological polar surface area (TPSA) is 64.3 Å². The monoisotopic (exact) mass is 216 g/mol. The number of nitrogens with two attached hydrogens (primary N) is 1. The van der Waals surface area contributed by atoms with Crippen molar-refractivity contribution in [2.45, 2.75) is 51.6 Å². The van der Waals surface area contributed by atoms with Gasteiger partial charge in [0.15, 0.2) is 0 Å². The van der Waals surface area contributed by atoms with E-state index in [1.165, 1.54) is 0 Å². The van der Waals surface area contributed by atoms with Crippen molar-refractivity contribution in [1.29, 1.82) is 0 Å². The molecular formula is C11H24N2O2. The molecule has 4 heteroatoms. The summed E-state index contributed by atoms with van der Waals surface area (Å²) in [7, 11) is 1.62.